The number of carboxylic acids is 1. The number of pyridine rings is 1. The second-order valence-corrected chi connectivity index (χ2v) is 10.6. The van der Waals surface area contributed by atoms with Gasteiger partial charge in [0.25, 0.3) is 0 Å². The van der Waals surface area contributed by atoms with Crippen molar-refractivity contribution in [2.24, 2.45) is 0 Å². The van der Waals surface area contributed by atoms with Crippen molar-refractivity contribution < 1.29 is 19.4 Å². The molecule has 0 amide bonds. The Balaban J connectivity index is 1.28. The van der Waals surface area contributed by atoms with E-state index in [9.17, 15) is 15.2 Å². The largest absolute Gasteiger partial charge is 0.495 e. The number of nitrogens with one attached hydrogen (secondary N) is 1. The van der Waals surface area contributed by atoms with Crippen LogP contribution in [-0.4, -0.2) is 60.4 Å². The molecule has 2 aliphatic heterocycles. The highest BCUT2D eigenvalue weighted by Crippen LogP contribution is 2.37. The normalized spacial score (nSPS) is 18.0. The standard InChI is InChI=1S/C30H40N4O4/c1-20(2)22-16-23(18-31)28(37-3)26(17-22)27(30(35)36)34-14-12-25(19-34)38-15-6-4-5-9-24-11-10-21-8-7-13-32-29(21)33-24/h10-11,16-17,20,25,27H,4-9,12-15,19H2,1-3H3,(H,32,33)(H,35,36)/t25-,27-/m1/s1. The number of aryl methyl sites for hydroxylation is 2. The van der Waals surface area contributed by atoms with Gasteiger partial charge >= 0.3 is 5.97 Å². The lowest BCUT2D eigenvalue weighted by molar-refractivity contribution is -0.143. The number of aliphatic carboxylic acids is 1. The molecule has 0 radical (unpaired) electrons. The van der Waals surface area contributed by atoms with Gasteiger partial charge in [0.05, 0.1) is 18.8 Å². The van der Waals surface area contributed by atoms with Gasteiger partial charge in [0.2, 0.25) is 0 Å². The molecule has 1 aromatic heterocycles. The lowest BCUT2D eigenvalue weighted by atomic mass is 9.93. The van der Waals surface area contributed by atoms with E-state index in [1.807, 2.05) is 24.8 Å². The summed E-state index contributed by atoms with van der Waals surface area (Å²) in [5, 5.41) is 23.3. The zero-order chi connectivity index (χ0) is 27.1. The topological polar surface area (TPSA) is 108 Å². The summed E-state index contributed by atoms with van der Waals surface area (Å²) in [6, 6.07) is 9.32. The molecule has 1 saturated heterocycles. The van der Waals surface area contributed by atoms with Crippen LogP contribution < -0.4 is 10.1 Å². The van der Waals surface area contributed by atoms with E-state index in [0.29, 0.717) is 36.6 Å². The number of benzene rings is 1. The van der Waals surface area contributed by atoms with Gasteiger partial charge in [0.1, 0.15) is 23.7 Å². The smallest absolute Gasteiger partial charge is 0.325 e. The number of hydrogen-bond donors (Lipinski definition) is 2. The molecule has 0 spiro atoms. The van der Waals surface area contributed by atoms with Gasteiger partial charge in [-0.2, -0.15) is 5.26 Å². The SMILES string of the molecule is COc1c(C#N)cc(C(C)C)cc1[C@H](C(=O)O)N1CC[C@@H](OCCCCCc2ccc3c(n2)NCCC3)C1. The number of unbranched alkanes of at least 4 members (excludes halogenated alkanes) is 2. The molecule has 2 N–H and O–H groups in total. The molecule has 0 aliphatic carbocycles. The van der Waals surface area contributed by atoms with E-state index in [1.165, 1.54) is 19.1 Å². The maximum Gasteiger partial charge on any atom is 0.325 e. The first-order chi connectivity index (χ1) is 18.4. The molecule has 1 aromatic carbocycles. The summed E-state index contributed by atoms with van der Waals surface area (Å²) in [7, 11) is 1.49. The predicted molar refractivity (Wildman–Crippen MR) is 147 cm³/mol. The van der Waals surface area contributed by atoms with E-state index in [1.54, 1.807) is 6.07 Å². The summed E-state index contributed by atoms with van der Waals surface area (Å²) in [5.41, 5.74) is 4.29. The predicted octanol–water partition coefficient (Wildman–Crippen LogP) is 5.07. The quantitative estimate of drug-likeness (QED) is 0.374. The van der Waals surface area contributed by atoms with Gasteiger partial charge < -0.3 is 19.9 Å². The van der Waals surface area contributed by atoms with Crippen molar-refractivity contribution in [3.05, 3.63) is 52.2 Å². The van der Waals surface area contributed by atoms with E-state index in [4.69, 9.17) is 14.5 Å². The average Bonchev–Trinajstić information content (AvgIpc) is 3.37. The second-order valence-electron chi connectivity index (χ2n) is 10.6. The highest BCUT2D eigenvalue weighted by atomic mass is 16.5. The number of ether oxygens (including phenoxy) is 2. The van der Waals surface area contributed by atoms with Crippen LogP contribution in [0.1, 0.15) is 85.9 Å². The van der Waals surface area contributed by atoms with E-state index in [-0.39, 0.29) is 12.0 Å². The number of nitriles is 1. The van der Waals surface area contributed by atoms with Crippen LogP contribution in [0.4, 0.5) is 5.82 Å². The van der Waals surface area contributed by atoms with Crippen molar-refractivity contribution in [2.75, 3.05) is 38.7 Å². The van der Waals surface area contributed by atoms with Crippen molar-refractivity contribution in [1.82, 2.24) is 9.88 Å². The molecule has 2 aromatic rings. The Hall–Kier alpha value is -3.15. The van der Waals surface area contributed by atoms with Gasteiger partial charge in [-0.3, -0.25) is 9.69 Å². The van der Waals surface area contributed by atoms with Gasteiger partial charge in [-0.25, -0.2) is 4.98 Å². The Morgan fingerprint density at radius 2 is 2.13 bits per heavy atom. The molecular weight excluding hydrogens is 480 g/mol. The van der Waals surface area contributed by atoms with Gasteiger partial charge in [-0.15, -0.1) is 0 Å². The maximum atomic E-state index is 12.4. The van der Waals surface area contributed by atoms with Crippen molar-refractivity contribution in [2.45, 2.75) is 76.9 Å². The molecule has 204 valence electrons. The summed E-state index contributed by atoms with van der Waals surface area (Å²) in [4.78, 5) is 19.2. The number of likely N-dealkylation sites (tertiary alicyclic amines) is 1. The fraction of sp³-hybridized carbons (Fsp3) is 0.567. The van der Waals surface area contributed by atoms with Crippen molar-refractivity contribution in [1.29, 1.82) is 5.26 Å². The summed E-state index contributed by atoms with van der Waals surface area (Å²) < 4.78 is 11.7. The first kappa shape index (κ1) is 27.9. The zero-order valence-electron chi connectivity index (χ0n) is 22.8. The molecule has 2 atom stereocenters. The van der Waals surface area contributed by atoms with Gasteiger partial charge in [-0.05, 0) is 73.8 Å². The third-order valence-corrected chi connectivity index (χ3v) is 7.58. The molecule has 38 heavy (non-hydrogen) atoms. The Kier molecular flexibility index (Phi) is 9.59. The monoisotopic (exact) mass is 520 g/mol. The summed E-state index contributed by atoms with van der Waals surface area (Å²) in [6.07, 6.45) is 7.14. The second kappa shape index (κ2) is 13.1. The van der Waals surface area contributed by atoms with E-state index in [0.717, 1.165) is 62.1 Å². The molecule has 8 heteroatoms. The van der Waals surface area contributed by atoms with Crippen LogP contribution in [0.25, 0.3) is 0 Å². The Labute approximate surface area is 226 Å². The summed E-state index contributed by atoms with van der Waals surface area (Å²) in [5.74, 6) is 0.619. The van der Waals surface area contributed by atoms with Gasteiger partial charge in [0, 0.05) is 37.5 Å². The zero-order valence-corrected chi connectivity index (χ0v) is 22.8. The number of anilines is 1. The summed E-state index contributed by atoms with van der Waals surface area (Å²) in [6.45, 7) is 6.90. The number of carbonyl (C=O) groups is 1. The van der Waals surface area contributed by atoms with Crippen molar-refractivity contribution in [3.8, 4) is 11.8 Å². The Morgan fingerprint density at radius 1 is 1.29 bits per heavy atom. The molecule has 8 nitrogen and oxygen atoms in total. The molecule has 0 bridgehead atoms. The van der Waals surface area contributed by atoms with Crippen LogP contribution in [0.2, 0.25) is 0 Å². The maximum absolute atomic E-state index is 12.4. The molecule has 1 fully saturated rings. The number of aromatic nitrogens is 1. The van der Waals surface area contributed by atoms with E-state index in [2.05, 4.69) is 23.5 Å². The minimum absolute atomic E-state index is 0.0000459. The fourth-order valence-corrected chi connectivity index (χ4v) is 5.48. The lowest BCUT2D eigenvalue weighted by Gasteiger charge is -2.27. The highest BCUT2D eigenvalue weighted by molar-refractivity contribution is 5.78. The third kappa shape index (κ3) is 6.64. The summed E-state index contributed by atoms with van der Waals surface area (Å²) >= 11 is 0. The third-order valence-electron chi connectivity index (χ3n) is 7.58. The number of hydrogen-bond acceptors (Lipinski definition) is 7. The first-order valence-electron chi connectivity index (χ1n) is 13.8. The van der Waals surface area contributed by atoms with Crippen LogP contribution in [-0.2, 0) is 22.4 Å². The molecule has 0 unspecified atom stereocenters. The number of carboxylic acid groups (broad SMARTS) is 1. The minimum atomic E-state index is -0.945. The number of methoxy groups -OCH3 is 1. The molecule has 0 saturated carbocycles. The van der Waals surface area contributed by atoms with Crippen LogP contribution in [0, 0.1) is 11.3 Å². The number of rotatable bonds is 12. The fourth-order valence-electron chi connectivity index (χ4n) is 5.48. The van der Waals surface area contributed by atoms with E-state index < -0.39 is 12.0 Å². The number of fused-ring (bicyclic) bond motifs is 1. The van der Waals surface area contributed by atoms with Crippen LogP contribution in [0.5, 0.6) is 5.75 Å². The van der Waals surface area contributed by atoms with Crippen LogP contribution in [0.15, 0.2) is 24.3 Å². The van der Waals surface area contributed by atoms with Crippen molar-refractivity contribution in [3.63, 3.8) is 0 Å². The highest BCUT2D eigenvalue weighted by Gasteiger charge is 2.36. The van der Waals surface area contributed by atoms with Crippen LogP contribution >= 0.6 is 0 Å². The molecule has 2 aliphatic rings. The minimum Gasteiger partial charge on any atom is -0.495 e. The average molecular weight is 521 g/mol. The molecular formula is C30H40N4O4. The number of nitrogens with zero attached hydrogens (tertiary/aromatic N) is 3. The van der Waals surface area contributed by atoms with E-state index >= 15 is 0 Å². The lowest BCUT2D eigenvalue weighted by Crippen LogP contribution is -2.34. The Bertz CT molecular complexity index is 1160. The Morgan fingerprint density at radius 3 is 2.87 bits per heavy atom. The molecule has 3 heterocycles. The van der Waals surface area contributed by atoms with Gasteiger partial charge in [0.15, 0.2) is 0 Å². The van der Waals surface area contributed by atoms with Gasteiger partial charge in [-0.1, -0.05) is 26.3 Å². The first-order valence-corrected chi connectivity index (χ1v) is 13.8. The molecule has 4 rings (SSSR count). The van der Waals surface area contributed by atoms with Crippen LogP contribution in [0.3, 0.4) is 0 Å². The van der Waals surface area contributed by atoms with Crippen molar-refractivity contribution >= 4 is 11.8 Å².